The number of ketones is 1. The second-order valence-electron chi connectivity index (χ2n) is 5.18. The molecule has 0 spiro atoms. The lowest BCUT2D eigenvalue weighted by atomic mass is 10.2. The highest BCUT2D eigenvalue weighted by atomic mass is 16.5. The van der Waals surface area contributed by atoms with E-state index in [-0.39, 0.29) is 11.4 Å². The third kappa shape index (κ3) is 3.74. The Kier molecular flexibility index (Phi) is 5.45. The molecule has 0 aliphatic rings. The summed E-state index contributed by atoms with van der Waals surface area (Å²) in [5, 5.41) is 0. The van der Waals surface area contributed by atoms with Crippen LogP contribution in [-0.4, -0.2) is 42.1 Å². The zero-order valence-corrected chi connectivity index (χ0v) is 14.3. The van der Waals surface area contributed by atoms with Gasteiger partial charge in [0.2, 0.25) is 5.78 Å². The Balaban J connectivity index is 2.21. The molecule has 10 nitrogen and oxygen atoms in total. The molecule has 10 heteroatoms. The van der Waals surface area contributed by atoms with Crippen LogP contribution in [0.4, 0.5) is 5.82 Å². The normalized spacial score (nSPS) is 10.3. The van der Waals surface area contributed by atoms with Crippen molar-refractivity contribution < 1.29 is 23.8 Å². The van der Waals surface area contributed by atoms with Gasteiger partial charge in [-0.15, -0.1) is 0 Å². The molecule has 0 saturated carbocycles. The molecule has 1 heterocycles. The van der Waals surface area contributed by atoms with Crippen LogP contribution in [-0.2, 0) is 11.8 Å². The van der Waals surface area contributed by atoms with Crippen molar-refractivity contribution in [2.75, 3.05) is 26.6 Å². The SMILES string of the molecule is COc1cc(OC)cc(C(=O)OCC(=O)c2c(N)n(C)c(=O)[nH]c2=O)c1. The number of ether oxygens (including phenoxy) is 3. The lowest BCUT2D eigenvalue weighted by Gasteiger charge is -2.10. The molecule has 1 aromatic carbocycles. The Morgan fingerprint density at radius 3 is 2.23 bits per heavy atom. The summed E-state index contributed by atoms with van der Waals surface area (Å²) in [5.41, 5.74) is 3.56. The van der Waals surface area contributed by atoms with Crippen LogP contribution in [0.1, 0.15) is 20.7 Å². The van der Waals surface area contributed by atoms with E-state index in [0.717, 1.165) is 4.57 Å². The van der Waals surface area contributed by atoms with Gasteiger partial charge in [0.1, 0.15) is 22.9 Å². The fourth-order valence-electron chi connectivity index (χ4n) is 2.12. The Hall–Kier alpha value is -3.56. The average Bonchev–Trinajstić information content (AvgIpc) is 2.63. The van der Waals surface area contributed by atoms with E-state index in [9.17, 15) is 19.2 Å². The van der Waals surface area contributed by atoms with Gasteiger partial charge in [0.05, 0.1) is 19.8 Å². The van der Waals surface area contributed by atoms with Gasteiger partial charge in [0.25, 0.3) is 5.56 Å². The predicted molar refractivity (Wildman–Crippen MR) is 90.9 cm³/mol. The maximum atomic E-state index is 12.2. The zero-order chi connectivity index (χ0) is 19.4. The van der Waals surface area contributed by atoms with Crippen molar-refractivity contribution >= 4 is 17.6 Å². The second-order valence-corrected chi connectivity index (χ2v) is 5.18. The molecule has 0 aliphatic carbocycles. The Morgan fingerprint density at radius 2 is 1.69 bits per heavy atom. The first-order chi connectivity index (χ1) is 12.3. The molecule has 0 aliphatic heterocycles. The summed E-state index contributed by atoms with van der Waals surface area (Å²) in [7, 11) is 4.13. The zero-order valence-electron chi connectivity index (χ0n) is 14.3. The van der Waals surface area contributed by atoms with E-state index in [1.807, 2.05) is 4.98 Å². The summed E-state index contributed by atoms with van der Waals surface area (Å²) in [6.45, 7) is -0.732. The number of aromatic nitrogens is 2. The quantitative estimate of drug-likeness (QED) is 0.527. The number of nitrogens with two attached hydrogens (primary N) is 1. The van der Waals surface area contributed by atoms with E-state index in [1.54, 1.807) is 6.07 Å². The number of hydrogen-bond acceptors (Lipinski definition) is 8. The summed E-state index contributed by atoms with van der Waals surface area (Å²) < 4.78 is 15.9. The van der Waals surface area contributed by atoms with Crippen LogP contribution in [0.2, 0.25) is 0 Å². The second kappa shape index (κ2) is 7.55. The topological polar surface area (TPSA) is 143 Å². The van der Waals surface area contributed by atoms with Crippen LogP contribution in [0.25, 0.3) is 0 Å². The first-order valence-electron chi connectivity index (χ1n) is 7.30. The third-order valence-corrected chi connectivity index (χ3v) is 3.57. The van der Waals surface area contributed by atoms with Gasteiger partial charge in [0.15, 0.2) is 6.61 Å². The molecular weight excluding hydrogens is 346 g/mol. The number of nitrogens with one attached hydrogen (secondary N) is 1. The van der Waals surface area contributed by atoms with Gasteiger partial charge in [-0.3, -0.25) is 19.1 Å². The van der Waals surface area contributed by atoms with Crippen molar-refractivity contribution in [2.45, 2.75) is 0 Å². The number of carbonyl (C=O) groups is 2. The van der Waals surface area contributed by atoms with E-state index in [2.05, 4.69) is 0 Å². The fraction of sp³-hybridized carbons (Fsp3) is 0.250. The number of methoxy groups -OCH3 is 2. The fourth-order valence-corrected chi connectivity index (χ4v) is 2.12. The molecule has 0 fully saturated rings. The first kappa shape index (κ1) is 18.8. The number of esters is 1. The van der Waals surface area contributed by atoms with Gasteiger partial charge in [-0.25, -0.2) is 9.59 Å². The van der Waals surface area contributed by atoms with Crippen molar-refractivity contribution in [1.82, 2.24) is 9.55 Å². The monoisotopic (exact) mass is 363 g/mol. The molecule has 0 radical (unpaired) electrons. The maximum Gasteiger partial charge on any atom is 0.338 e. The average molecular weight is 363 g/mol. The molecule has 3 N–H and O–H groups in total. The standard InChI is InChI=1S/C16H17N3O7/c1-19-13(17)12(14(21)18-16(19)23)11(20)7-26-15(22)8-4-9(24-2)6-10(5-8)25-3/h4-6H,7,17H2,1-3H3,(H,18,21,23). The van der Waals surface area contributed by atoms with Crippen molar-refractivity contribution in [3.63, 3.8) is 0 Å². The van der Waals surface area contributed by atoms with E-state index < -0.39 is 35.2 Å². The maximum absolute atomic E-state index is 12.2. The molecular formula is C16H17N3O7. The van der Waals surface area contributed by atoms with Crippen LogP contribution in [0.3, 0.4) is 0 Å². The predicted octanol–water partition coefficient (Wildman–Crippen LogP) is -0.287. The van der Waals surface area contributed by atoms with Crippen LogP contribution < -0.4 is 26.5 Å². The van der Waals surface area contributed by atoms with Crippen LogP contribution in [0.5, 0.6) is 11.5 Å². The molecule has 0 amide bonds. The number of benzene rings is 1. The van der Waals surface area contributed by atoms with Crippen LogP contribution in [0, 0.1) is 0 Å². The number of Topliss-reactive ketones (excluding diaryl/α,β-unsaturated/α-hetero) is 1. The molecule has 0 saturated heterocycles. The van der Waals surface area contributed by atoms with Gasteiger partial charge in [-0.1, -0.05) is 0 Å². The minimum Gasteiger partial charge on any atom is -0.497 e. The highest BCUT2D eigenvalue weighted by Crippen LogP contribution is 2.23. The van der Waals surface area contributed by atoms with E-state index in [0.29, 0.717) is 11.5 Å². The van der Waals surface area contributed by atoms with Gasteiger partial charge >= 0.3 is 11.7 Å². The summed E-state index contributed by atoms with van der Waals surface area (Å²) in [4.78, 5) is 49.5. The van der Waals surface area contributed by atoms with Crippen molar-refractivity contribution in [2.24, 2.45) is 7.05 Å². The number of aromatic amines is 1. The highest BCUT2D eigenvalue weighted by Gasteiger charge is 2.20. The van der Waals surface area contributed by atoms with Gasteiger partial charge < -0.3 is 19.9 Å². The number of nitrogens with zero attached hydrogens (tertiary/aromatic N) is 1. The van der Waals surface area contributed by atoms with E-state index in [1.165, 1.54) is 33.4 Å². The van der Waals surface area contributed by atoms with Gasteiger partial charge in [0, 0.05) is 13.1 Å². The van der Waals surface area contributed by atoms with E-state index >= 15 is 0 Å². The smallest absolute Gasteiger partial charge is 0.338 e. The van der Waals surface area contributed by atoms with E-state index in [4.69, 9.17) is 19.9 Å². The van der Waals surface area contributed by atoms with Crippen molar-refractivity contribution in [3.05, 3.63) is 50.2 Å². The van der Waals surface area contributed by atoms with Crippen molar-refractivity contribution in [3.8, 4) is 11.5 Å². The molecule has 0 bridgehead atoms. The highest BCUT2D eigenvalue weighted by molar-refractivity contribution is 6.02. The number of anilines is 1. The molecule has 2 aromatic rings. The van der Waals surface area contributed by atoms with Crippen LogP contribution >= 0.6 is 0 Å². The van der Waals surface area contributed by atoms with Gasteiger partial charge in [-0.05, 0) is 12.1 Å². The van der Waals surface area contributed by atoms with Crippen LogP contribution in [0.15, 0.2) is 27.8 Å². The number of nitrogen functional groups attached to an aromatic ring is 1. The largest absolute Gasteiger partial charge is 0.497 e. The third-order valence-electron chi connectivity index (χ3n) is 3.57. The number of carbonyl (C=O) groups excluding carboxylic acids is 2. The lowest BCUT2D eigenvalue weighted by Crippen LogP contribution is -2.35. The Bertz CT molecular complexity index is 953. The molecule has 26 heavy (non-hydrogen) atoms. The summed E-state index contributed by atoms with van der Waals surface area (Å²) in [6.07, 6.45) is 0. The minimum atomic E-state index is -0.949. The molecule has 1 aromatic heterocycles. The Morgan fingerprint density at radius 1 is 1.12 bits per heavy atom. The number of H-pyrrole nitrogens is 1. The first-order valence-corrected chi connectivity index (χ1v) is 7.30. The Labute approximate surface area is 147 Å². The molecule has 0 unspecified atom stereocenters. The van der Waals surface area contributed by atoms with Gasteiger partial charge in [-0.2, -0.15) is 0 Å². The van der Waals surface area contributed by atoms with Crippen molar-refractivity contribution in [1.29, 1.82) is 0 Å². The lowest BCUT2D eigenvalue weighted by molar-refractivity contribution is 0.0473. The number of rotatable bonds is 6. The summed E-state index contributed by atoms with van der Waals surface area (Å²) in [6, 6.07) is 4.37. The number of hydrogen-bond donors (Lipinski definition) is 2. The summed E-state index contributed by atoms with van der Waals surface area (Å²) >= 11 is 0. The molecule has 138 valence electrons. The summed E-state index contributed by atoms with van der Waals surface area (Å²) in [5.74, 6) is -1.26. The molecule has 2 rings (SSSR count). The minimum absolute atomic E-state index is 0.0938. The molecule has 0 atom stereocenters.